The molecule has 2 aromatic rings. The third-order valence-corrected chi connectivity index (χ3v) is 6.16. The van der Waals surface area contributed by atoms with E-state index < -0.39 is 11.8 Å². The van der Waals surface area contributed by atoms with Gasteiger partial charge in [0, 0.05) is 10.6 Å². The van der Waals surface area contributed by atoms with Gasteiger partial charge in [-0.25, -0.2) is 9.18 Å². The molecule has 2 aromatic carbocycles. The smallest absolute Gasteiger partial charge is 0.340 e. The topological polar surface area (TPSA) is 26.3 Å². The van der Waals surface area contributed by atoms with Crippen molar-refractivity contribution in [2.24, 2.45) is 0 Å². The summed E-state index contributed by atoms with van der Waals surface area (Å²) in [7, 11) is 1.24. The van der Waals surface area contributed by atoms with E-state index >= 15 is 0 Å². The van der Waals surface area contributed by atoms with Gasteiger partial charge in [-0.05, 0) is 60.6 Å². The Balaban J connectivity index is 1.80. The maximum absolute atomic E-state index is 14.1. The summed E-state index contributed by atoms with van der Waals surface area (Å²) in [5.41, 5.74) is 3.51. The molecule has 2 nitrogen and oxygen atoms in total. The van der Waals surface area contributed by atoms with E-state index in [0.29, 0.717) is 5.75 Å². The number of ether oxygens (including phenoxy) is 1. The molecule has 0 aromatic heterocycles. The molecule has 0 N–H and O–H groups in total. The Hall–Kier alpha value is -1.52. The maximum atomic E-state index is 14.1. The molecular weight excluding hydrogens is 359 g/mol. The lowest BCUT2D eigenvalue weighted by Crippen LogP contribution is -2.04. The van der Waals surface area contributed by atoms with Gasteiger partial charge in [0.15, 0.2) is 0 Å². The van der Waals surface area contributed by atoms with Gasteiger partial charge in [0.1, 0.15) is 5.82 Å². The molecule has 0 fully saturated rings. The minimum absolute atomic E-state index is 0.0390. The summed E-state index contributed by atoms with van der Waals surface area (Å²) >= 11 is 8.08. The van der Waals surface area contributed by atoms with Crippen LogP contribution in [0.2, 0.25) is 5.02 Å². The fraction of sp³-hybridized carbons (Fsp3) is 0.350. The highest BCUT2D eigenvalue weighted by molar-refractivity contribution is 7.98. The number of methoxy groups -OCH3 is 1. The van der Waals surface area contributed by atoms with Crippen LogP contribution in [0.25, 0.3) is 0 Å². The first-order valence-corrected chi connectivity index (χ1v) is 9.76. The maximum Gasteiger partial charge on any atom is 0.340 e. The van der Waals surface area contributed by atoms with Crippen LogP contribution >= 0.6 is 23.4 Å². The number of aryl methyl sites for hydroxylation is 1. The van der Waals surface area contributed by atoms with Crippen molar-refractivity contribution >= 4 is 29.3 Å². The van der Waals surface area contributed by atoms with Crippen molar-refractivity contribution in [2.45, 2.75) is 42.8 Å². The molecule has 0 amide bonds. The molecule has 0 atom stereocenters. The molecule has 0 saturated carbocycles. The zero-order chi connectivity index (χ0) is 17.8. The van der Waals surface area contributed by atoms with Crippen molar-refractivity contribution in [1.82, 2.24) is 0 Å². The SMILES string of the molecule is COC(=O)c1ccc(CSc2c(Cl)ccc3c2CCCCC3)cc1F. The minimum atomic E-state index is -0.659. The molecule has 0 unspecified atom stereocenters. The third kappa shape index (κ3) is 4.18. The number of rotatable bonds is 4. The number of thioether (sulfide) groups is 1. The quantitative estimate of drug-likeness (QED) is 0.380. The summed E-state index contributed by atoms with van der Waals surface area (Å²) in [6.07, 6.45) is 5.80. The van der Waals surface area contributed by atoms with Crippen molar-refractivity contribution in [1.29, 1.82) is 0 Å². The summed E-state index contributed by atoms with van der Waals surface area (Å²) in [6, 6.07) is 8.74. The van der Waals surface area contributed by atoms with Gasteiger partial charge >= 0.3 is 5.97 Å². The Labute approximate surface area is 156 Å². The normalized spacial score (nSPS) is 13.9. The molecule has 1 aliphatic carbocycles. The van der Waals surface area contributed by atoms with Crippen LogP contribution in [-0.4, -0.2) is 13.1 Å². The number of carbonyl (C=O) groups excluding carboxylic acids is 1. The number of halogens is 2. The Bertz CT molecular complexity index is 792. The van der Waals surface area contributed by atoms with Gasteiger partial charge < -0.3 is 4.74 Å². The summed E-state index contributed by atoms with van der Waals surface area (Å²) in [6.45, 7) is 0. The van der Waals surface area contributed by atoms with Crippen molar-refractivity contribution in [3.63, 3.8) is 0 Å². The molecule has 0 heterocycles. The number of esters is 1. The van der Waals surface area contributed by atoms with Gasteiger partial charge in [0.2, 0.25) is 0 Å². The van der Waals surface area contributed by atoms with Crippen LogP contribution in [0.5, 0.6) is 0 Å². The van der Waals surface area contributed by atoms with E-state index in [1.165, 1.54) is 49.6 Å². The van der Waals surface area contributed by atoms with E-state index in [1.807, 2.05) is 6.07 Å². The second-order valence-electron chi connectivity index (χ2n) is 6.17. The lowest BCUT2D eigenvalue weighted by atomic mass is 10.0. The van der Waals surface area contributed by atoms with Gasteiger partial charge in [-0.3, -0.25) is 0 Å². The van der Waals surface area contributed by atoms with E-state index in [4.69, 9.17) is 11.6 Å². The number of carbonyl (C=O) groups is 1. The molecular formula is C20H20ClFO2S. The van der Waals surface area contributed by atoms with Gasteiger partial charge in [-0.2, -0.15) is 0 Å². The van der Waals surface area contributed by atoms with Crippen molar-refractivity contribution in [3.8, 4) is 0 Å². The summed E-state index contributed by atoms with van der Waals surface area (Å²) in [4.78, 5) is 12.6. The van der Waals surface area contributed by atoms with Crippen molar-refractivity contribution in [2.75, 3.05) is 7.11 Å². The molecule has 0 aliphatic heterocycles. The van der Waals surface area contributed by atoms with E-state index in [0.717, 1.165) is 28.3 Å². The number of hydrogen-bond acceptors (Lipinski definition) is 3. The van der Waals surface area contributed by atoms with Crippen molar-refractivity contribution in [3.05, 3.63) is 63.4 Å². The van der Waals surface area contributed by atoms with Crippen LogP contribution in [0.15, 0.2) is 35.2 Å². The summed E-state index contributed by atoms with van der Waals surface area (Å²) in [5, 5.41) is 0.761. The standard InChI is InChI=1S/C20H20ClFO2S/c1-24-20(23)16-9-7-13(11-18(16)22)12-25-19-15-6-4-2-3-5-14(15)8-10-17(19)21/h7-11H,2-6,12H2,1H3. The second kappa shape index (κ2) is 8.24. The van der Waals surface area contributed by atoms with Crippen molar-refractivity contribution < 1.29 is 13.9 Å². The monoisotopic (exact) mass is 378 g/mol. The number of benzene rings is 2. The van der Waals surface area contributed by atoms with Gasteiger partial charge in [-0.15, -0.1) is 11.8 Å². The molecule has 132 valence electrons. The summed E-state index contributed by atoms with van der Waals surface area (Å²) < 4.78 is 18.7. The Morgan fingerprint density at radius 2 is 2.00 bits per heavy atom. The largest absolute Gasteiger partial charge is 0.465 e. The first-order chi connectivity index (χ1) is 12.1. The van der Waals surface area contributed by atoms with Crippen LogP contribution in [0.4, 0.5) is 4.39 Å². The highest BCUT2D eigenvalue weighted by Gasteiger charge is 2.16. The lowest BCUT2D eigenvalue weighted by Gasteiger charge is -2.14. The van der Waals surface area contributed by atoms with Gasteiger partial charge in [0.05, 0.1) is 17.7 Å². The Morgan fingerprint density at radius 3 is 2.76 bits per heavy atom. The molecule has 5 heteroatoms. The molecule has 3 rings (SSSR count). The summed E-state index contributed by atoms with van der Waals surface area (Å²) in [5.74, 6) is -0.606. The van der Waals surface area contributed by atoms with Crippen LogP contribution in [-0.2, 0) is 23.3 Å². The molecule has 0 saturated heterocycles. The fourth-order valence-corrected chi connectivity index (χ4v) is 4.62. The molecule has 1 aliphatic rings. The van der Waals surface area contributed by atoms with Crippen LogP contribution < -0.4 is 0 Å². The minimum Gasteiger partial charge on any atom is -0.465 e. The highest BCUT2D eigenvalue weighted by atomic mass is 35.5. The second-order valence-corrected chi connectivity index (χ2v) is 7.56. The molecule has 0 radical (unpaired) electrons. The molecule has 0 bridgehead atoms. The van der Waals surface area contributed by atoms with Gasteiger partial charge in [0.25, 0.3) is 0 Å². The van der Waals surface area contributed by atoms with E-state index in [2.05, 4.69) is 10.8 Å². The average molecular weight is 379 g/mol. The number of fused-ring (bicyclic) bond motifs is 1. The van der Waals surface area contributed by atoms with Crippen LogP contribution in [0.3, 0.4) is 0 Å². The fourth-order valence-electron chi connectivity index (χ4n) is 3.18. The van der Waals surface area contributed by atoms with E-state index in [9.17, 15) is 9.18 Å². The molecule has 0 spiro atoms. The van der Waals surface area contributed by atoms with E-state index in [-0.39, 0.29) is 5.56 Å². The molecule has 25 heavy (non-hydrogen) atoms. The first kappa shape index (κ1) is 18.3. The first-order valence-electron chi connectivity index (χ1n) is 8.40. The third-order valence-electron chi connectivity index (χ3n) is 4.50. The number of hydrogen-bond donors (Lipinski definition) is 0. The highest BCUT2D eigenvalue weighted by Crippen LogP contribution is 2.37. The lowest BCUT2D eigenvalue weighted by molar-refractivity contribution is 0.0595. The Kier molecular flexibility index (Phi) is 6.02. The predicted octanol–water partition coefficient (Wildman–Crippen LogP) is 5.83. The predicted molar refractivity (Wildman–Crippen MR) is 100 cm³/mol. The Morgan fingerprint density at radius 1 is 1.20 bits per heavy atom. The van der Waals surface area contributed by atoms with Crippen LogP contribution in [0, 0.1) is 5.82 Å². The van der Waals surface area contributed by atoms with E-state index in [1.54, 1.807) is 17.8 Å². The van der Waals surface area contributed by atoms with Crippen LogP contribution in [0.1, 0.15) is 46.3 Å². The van der Waals surface area contributed by atoms with Gasteiger partial charge in [-0.1, -0.05) is 30.2 Å². The zero-order valence-corrected chi connectivity index (χ0v) is 15.7. The average Bonchev–Trinajstić information content (AvgIpc) is 2.86. The zero-order valence-electron chi connectivity index (χ0n) is 14.1.